The number of hydrogen-bond donors (Lipinski definition) is 0. The zero-order chi connectivity index (χ0) is 16.1. The summed E-state index contributed by atoms with van der Waals surface area (Å²) in [5, 5.41) is 0. The topological polar surface area (TPSA) is 44.1 Å². The molecule has 2 aromatic carbocycles. The van der Waals surface area contributed by atoms with Gasteiger partial charge in [-0.05, 0) is 18.1 Å². The molecule has 0 aliphatic rings. The molecule has 0 N–H and O–H groups in total. The van der Waals surface area contributed by atoms with Crippen LogP contribution < -0.4 is 10.3 Å². The van der Waals surface area contributed by atoms with Gasteiger partial charge in [0.1, 0.15) is 12.9 Å². The summed E-state index contributed by atoms with van der Waals surface area (Å²) in [5.41, 5.74) is 2.56. The third-order valence-electron chi connectivity index (χ3n) is 3.63. The molecule has 0 fully saturated rings. The highest BCUT2D eigenvalue weighted by molar-refractivity contribution is 5.23. The molecule has 0 radical (unpaired) electrons. The molecule has 0 amide bonds. The molecule has 116 valence electrons. The lowest BCUT2D eigenvalue weighted by atomic mass is 10.2. The monoisotopic (exact) mass is 306 g/mol. The van der Waals surface area contributed by atoms with Gasteiger partial charge in [0.2, 0.25) is 5.88 Å². The predicted molar refractivity (Wildman–Crippen MR) is 89.6 cm³/mol. The van der Waals surface area contributed by atoms with E-state index in [1.807, 2.05) is 60.7 Å². The largest absolute Gasteiger partial charge is 0.472 e. The van der Waals surface area contributed by atoms with Gasteiger partial charge in [-0.25, -0.2) is 4.98 Å². The van der Waals surface area contributed by atoms with E-state index in [1.54, 1.807) is 17.8 Å². The fourth-order valence-electron chi connectivity index (χ4n) is 2.34. The lowest BCUT2D eigenvalue weighted by Gasteiger charge is -2.11. The SMILES string of the molecule is Cc1c(OCc2ccccc2)ncn(Cc2ccccc2)c1=O. The minimum Gasteiger partial charge on any atom is -0.472 e. The molecule has 0 unspecified atom stereocenters. The maximum Gasteiger partial charge on any atom is 0.260 e. The van der Waals surface area contributed by atoms with E-state index in [1.165, 1.54) is 0 Å². The summed E-state index contributed by atoms with van der Waals surface area (Å²) in [5.74, 6) is 0.392. The Kier molecular flexibility index (Phi) is 4.52. The van der Waals surface area contributed by atoms with Gasteiger partial charge in [0.05, 0.1) is 12.1 Å². The van der Waals surface area contributed by atoms with Crippen molar-refractivity contribution >= 4 is 0 Å². The molecule has 1 aromatic heterocycles. The number of rotatable bonds is 5. The fourth-order valence-corrected chi connectivity index (χ4v) is 2.34. The average Bonchev–Trinajstić information content (AvgIpc) is 2.60. The molecule has 0 saturated heterocycles. The van der Waals surface area contributed by atoms with Crippen LogP contribution in [-0.4, -0.2) is 9.55 Å². The van der Waals surface area contributed by atoms with Crippen molar-refractivity contribution in [1.29, 1.82) is 0 Å². The third kappa shape index (κ3) is 3.66. The maximum atomic E-state index is 12.4. The van der Waals surface area contributed by atoms with Crippen LogP contribution in [0.1, 0.15) is 16.7 Å². The molecule has 0 aliphatic heterocycles. The third-order valence-corrected chi connectivity index (χ3v) is 3.63. The quantitative estimate of drug-likeness (QED) is 0.727. The van der Waals surface area contributed by atoms with Crippen molar-refractivity contribution in [2.45, 2.75) is 20.1 Å². The Morgan fingerprint density at radius 3 is 2.22 bits per heavy atom. The Hall–Kier alpha value is -2.88. The van der Waals surface area contributed by atoms with Crippen LogP contribution in [0.2, 0.25) is 0 Å². The van der Waals surface area contributed by atoms with Crippen LogP contribution in [0, 0.1) is 6.92 Å². The molecule has 4 nitrogen and oxygen atoms in total. The highest BCUT2D eigenvalue weighted by Crippen LogP contribution is 2.12. The molecule has 3 aromatic rings. The van der Waals surface area contributed by atoms with E-state index in [0.29, 0.717) is 24.6 Å². The van der Waals surface area contributed by atoms with Gasteiger partial charge in [0, 0.05) is 0 Å². The normalized spacial score (nSPS) is 10.5. The lowest BCUT2D eigenvalue weighted by molar-refractivity contribution is 0.289. The van der Waals surface area contributed by atoms with Crippen molar-refractivity contribution in [2.75, 3.05) is 0 Å². The van der Waals surface area contributed by atoms with E-state index in [0.717, 1.165) is 11.1 Å². The Labute approximate surface area is 135 Å². The molecule has 0 aliphatic carbocycles. The Bertz CT molecular complexity index is 827. The van der Waals surface area contributed by atoms with Crippen LogP contribution in [0.5, 0.6) is 5.88 Å². The van der Waals surface area contributed by atoms with Gasteiger partial charge >= 0.3 is 0 Å². The van der Waals surface area contributed by atoms with Crippen molar-refractivity contribution in [3.05, 3.63) is 94.0 Å². The number of aromatic nitrogens is 2. The minimum atomic E-state index is -0.0769. The van der Waals surface area contributed by atoms with Crippen molar-refractivity contribution in [1.82, 2.24) is 9.55 Å². The molecular formula is C19H18N2O2. The van der Waals surface area contributed by atoms with E-state index in [2.05, 4.69) is 4.98 Å². The van der Waals surface area contributed by atoms with E-state index in [9.17, 15) is 4.79 Å². The summed E-state index contributed by atoms with van der Waals surface area (Å²) in [7, 11) is 0. The zero-order valence-corrected chi connectivity index (χ0v) is 13.0. The van der Waals surface area contributed by atoms with Gasteiger partial charge in [-0.2, -0.15) is 0 Å². The van der Waals surface area contributed by atoms with E-state index in [-0.39, 0.29) is 5.56 Å². The molecule has 0 spiro atoms. The summed E-state index contributed by atoms with van der Waals surface area (Å²) < 4.78 is 7.28. The zero-order valence-electron chi connectivity index (χ0n) is 13.0. The van der Waals surface area contributed by atoms with Crippen LogP contribution in [0.25, 0.3) is 0 Å². The first kappa shape index (κ1) is 15.0. The van der Waals surface area contributed by atoms with Crippen LogP contribution >= 0.6 is 0 Å². The first-order valence-corrected chi connectivity index (χ1v) is 7.51. The number of hydrogen-bond acceptors (Lipinski definition) is 3. The van der Waals surface area contributed by atoms with Gasteiger partial charge in [0.25, 0.3) is 5.56 Å². The van der Waals surface area contributed by atoms with Gasteiger partial charge in [-0.1, -0.05) is 60.7 Å². The molecule has 23 heavy (non-hydrogen) atoms. The van der Waals surface area contributed by atoms with Gasteiger partial charge < -0.3 is 4.74 Å². The second-order valence-electron chi connectivity index (χ2n) is 5.37. The predicted octanol–water partition coefficient (Wildman–Crippen LogP) is 3.18. The van der Waals surface area contributed by atoms with Crippen molar-refractivity contribution in [3.63, 3.8) is 0 Å². The molecule has 0 bridgehead atoms. The Balaban J connectivity index is 1.76. The van der Waals surface area contributed by atoms with E-state index < -0.39 is 0 Å². The fraction of sp³-hybridized carbons (Fsp3) is 0.158. The summed E-state index contributed by atoms with van der Waals surface area (Å²) >= 11 is 0. The van der Waals surface area contributed by atoms with Crippen molar-refractivity contribution < 1.29 is 4.74 Å². The first-order valence-electron chi connectivity index (χ1n) is 7.51. The number of ether oxygens (including phenoxy) is 1. The smallest absolute Gasteiger partial charge is 0.260 e. The average molecular weight is 306 g/mol. The van der Waals surface area contributed by atoms with Crippen LogP contribution in [-0.2, 0) is 13.2 Å². The van der Waals surface area contributed by atoms with E-state index >= 15 is 0 Å². The molecule has 1 heterocycles. The molecular weight excluding hydrogens is 288 g/mol. The molecule has 4 heteroatoms. The molecule has 0 atom stereocenters. The van der Waals surface area contributed by atoms with E-state index in [4.69, 9.17) is 4.74 Å². The summed E-state index contributed by atoms with van der Waals surface area (Å²) in [6.07, 6.45) is 1.54. The lowest BCUT2D eigenvalue weighted by Crippen LogP contribution is -2.24. The molecule has 0 saturated carbocycles. The summed E-state index contributed by atoms with van der Waals surface area (Å²) in [4.78, 5) is 16.7. The van der Waals surface area contributed by atoms with Crippen molar-refractivity contribution in [3.8, 4) is 5.88 Å². The Morgan fingerprint density at radius 1 is 0.957 bits per heavy atom. The second kappa shape index (κ2) is 6.92. The standard InChI is InChI=1S/C19H18N2O2/c1-15-18(23-13-17-10-6-3-7-11-17)20-14-21(19(15)22)12-16-8-4-2-5-9-16/h2-11,14H,12-13H2,1H3. The van der Waals surface area contributed by atoms with Gasteiger partial charge in [-0.15, -0.1) is 0 Å². The molecule has 3 rings (SSSR count). The highest BCUT2D eigenvalue weighted by atomic mass is 16.5. The van der Waals surface area contributed by atoms with Crippen LogP contribution in [0.4, 0.5) is 0 Å². The van der Waals surface area contributed by atoms with Gasteiger partial charge in [0.15, 0.2) is 0 Å². The van der Waals surface area contributed by atoms with Gasteiger partial charge in [-0.3, -0.25) is 9.36 Å². The minimum absolute atomic E-state index is 0.0769. The summed E-state index contributed by atoms with van der Waals surface area (Å²) in [6.45, 7) is 2.65. The maximum absolute atomic E-state index is 12.4. The summed E-state index contributed by atoms with van der Waals surface area (Å²) in [6, 6.07) is 19.7. The van der Waals surface area contributed by atoms with Crippen LogP contribution in [0.3, 0.4) is 0 Å². The van der Waals surface area contributed by atoms with Crippen molar-refractivity contribution in [2.24, 2.45) is 0 Å². The first-order chi connectivity index (χ1) is 11.2. The second-order valence-corrected chi connectivity index (χ2v) is 5.37. The number of benzene rings is 2. The van der Waals surface area contributed by atoms with Crippen LogP contribution in [0.15, 0.2) is 71.8 Å². The highest BCUT2D eigenvalue weighted by Gasteiger charge is 2.09. The Morgan fingerprint density at radius 2 is 1.57 bits per heavy atom. The number of nitrogens with zero attached hydrogens (tertiary/aromatic N) is 2.